The minimum absolute atomic E-state index is 0.176. The van der Waals surface area contributed by atoms with Crippen LogP contribution in [0.2, 0.25) is 0 Å². The second kappa shape index (κ2) is 4.99. The van der Waals surface area contributed by atoms with Crippen LogP contribution in [-0.4, -0.2) is 23.9 Å². The summed E-state index contributed by atoms with van der Waals surface area (Å²) in [5.41, 5.74) is -0.751. The van der Waals surface area contributed by atoms with Crippen molar-refractivity contribution in [3.8, 4) is 0 Å². The van der Waals surface area contributed by atoms with Crippen molar-refractivity contribution in [3.63, 3.8) is 0 Å². The molecule has 5 heteroatoms. The Labute approximate surface area is 111 Å². The summed E-state index contributed by atoms with van der Waals surface area (Å²) in [6.07, 6.45) is 0.637. The van der Waals surface area contributed by atoms with Crippen molar-refractivity contribution in [2.24, 2.45) is 0 Å². The molecule has 1 atom stereocenters. The van der Waals surface area contributed by atoms with Crippen LogP contribution in [0.3, 0.4) is 0 Å². The summed E-state index contributed by atoms with van der Waals surface area (Å²) in [6.45, 7) is 3.69. The maximum atomic E-state index is 13.8. The van der Waals surface area contributed by atoms with Gasteiger partial charge in [-0.25, -0.2) is 4.39 Å². The summed E-state index contributed by atoms with van der Waals surface area (Å²) < 4.78 is 13.8. The number of rotatable bonds is 2. The third-order valence-corrected chi connectivity index (χ3v) is 3.55. The lowest BCUT2D eigenvalue weighted by Crippen LogP contribution is -2.55. The fraction of sp³-hybridized carbons (Fsp3) is 0.429. The van der Waals surface area contributed by atoms with Crippen molar-refractivity contribution < 1.29 is 14.0 Å². The second-order valence-electron chi connectivity index (χ2n) is 4.89. The van der Waals surface area contributed by atoms with E-state index < -0.39 is 11.4 Å². The van der Waals surface area contributed by atoms with Crippen molar-refractivity contribution in [3.05, 3.63) is 30.1 Å². The minimum Gasteiger partial charge on any atom is -0.342 e. The molecule has 19 heavy (non-hydrogen) atoms. The second-order valence-corrected chi connectivity index (χ2v) is 4.89. The quantitative estimate of drug-likeness (QED) is 0.886. The van der Waals surface area contributed by atoms with Crippen LogP contribution in [0.5, 0.6) is 0 Å². The molecule has 1 N–H and O–H groups in total. The van der Waals surface area contributed by atoms with Gasteiger partial charge in [-0.3, -0.25) is 9.59 Å². The molecule has 1 heterocycles. The van der Waals surface area contributed by atoms with E-state index in [-0.39, 0.29) is 30.5 Å². The Bertz CT molecular complexity index is 518. The monoisotopic (exact) mass is 264 g/mol. The zero-order valence-corrected chi connectivity index (χ0v) is 11.1. The molecule has 1 aromatic carbocycles. The number of amides is 2. The number of para-hydroxylation sites is 1. The van der Waals surface area contributed by atoms with Gasteiger partial charge >= 0.3 is 0 Å². The zero-order valence-electron chi connectivity index (χ0n) is 11.1. The van der Waals surface area contributed by atoms with Crippen LogP contribution in [0, 0.1) is 5.82 Å². The molecule has 1 aromatic rings. The largest absolute Gasteiger partial charge is 0.342 e. The maximum Gasteiger partial charge on any atom is 0.252 e. The topological polar surface area (TPSA) is 49.4 Å². The molecule has 102 valence electrons. The first-order chi connectivity index (χ1) is 8.98. The van der Waals surface area contributed by atoms with Crippen molar-refractivity contribution in [1.29, 1.82) is 0 Å². The molecule has 1 fully saturated rings. The van der Waals surface area contributed by atoms with E-state index in [1.807, 2.05) is 6.92 Å². The van der Waals surface area contributed by atoms with Crippen LogP contribution in [0.15, 0.2) is 24.3 Å². The van der Waals surface area contributed by atoms with Crippen LogP contribution in [0.25, 0.3) is 0 Å². The highest BCUT2D eigenvalue weighted by Crippen LogP contribution is 2.25. The van der Waals surface area contributed by atoms with E-state index in [1.165, 1.54) is 11.0 Å². The highest BCUT2D eigenvalue weighted by molar-refractivity contribution is 6.04. The number of carbonyl (C=O) groups is 2. The molecule has 0 aliphatic carbocycles. The van der Waals surface area contributed by atoms with Gasteiger partial charge in [-0.2, -0.15) is 0 Å². The Morgan fingerprint density at radius 1 is 1.37 bits per heavy atom. The van der Waals surface area contributed by atoms with Gasteiger partial charge in [0.1, 0.15) is 11.4 Å². The van der Waals surface area contributed by atoms with E-state index in [9.17, 15) is 14.0 Å². The standard InChI is InChI=1S/C14H17FN2O2/c1-3-14(2)13(19)17(9-8-12(18)16-14)11-7-5-4-6-10(11)15/h4-7H,3,8-9H2,1-2H3,(H,16,18). The first-order valence-electron chi connectivity index (χ1n) is 6.35. The fourth-order valence-electron chi connectivity index (χ4n) is 2.18. The highest BCUT2D eigenvalue weighted by Gasteiger charge is 2.40. The van der Waals surface area contributed by atoms with E-state index in [2.05, 4.69) is 5.32 Å². The SMILES string of the molecule is CCC1(C)NC(=O)CCN(c2ccccc2F)C1=O. The average Bonchev–Trinajstić information content (AvgIpc) is 2.50. The third kappa shape index (κ3) is 2.45. The third-order valence-electron chi connectivity index (χ3n) is 3.55. The molecular weight excluding hydrogens is 247 g/mol. The van der Waals surface area contributed by atoms with Crippen LogP contribution in [0.4, 0.5) is 10.1 Å². The van der Waals surface area contributed by atoms with E-state index in [0.29, 0.717) is 6.42 Å². The first kappa shape index (κ1) is 13.5. The maximum absolute atomic E-state index is 13.8. The number of benzene rings is 1. The molecule has 0 spiro atoms. The number of hydrogen-bond donors (Lipinski definition) is 1. The number of carbonyl (C=O) groups excluding carboxylic acids is 2. The Kier molecular flexibility index (Phi) is 3.55. The smallest absolute Gasteiger partial charge is 0.252 e. The van der Waals surface area contributed by atoms with E-state index in [0.717, 1.165) is 0 Å². The summed E-state index contributed by atoms with van der Waals surface area (Å²) >= 11 is 0. The molecule has 2 amide bonds. The summed E-state index contributed by atoms with van der Waals surface area (Å²) in [5.74, 6) is -0.911. The van der Waals surface area contributed by atoms with Crippen molar-refractivity contribution in [2.45, 2.75) is 32.2 Å². The van der Waals surface area contributed by atoms with Crippen molar-refractivity contribution >= 4 is 17.5 Å². The molecule has 1 unspecified atom stereocenters. The molecule has 0 bridgehead atoms. The fourth-order valence-corrected chi connectivity index (χ4v) is 2.18. The summed E-state index contributed by atoms with van der Waals surface area (Å²) in [6, 6.07) is 6.11. The van der Waals surface area contributed by atoms with Crippen molar-refractivity contribution in [2.75, 3.05) is 11.4 Å². The van der Waals surface area contributed by atoms with Gasteiger partial charge in [0.15, 0.2) is 0 Å². The highest BCUT2D eigenvalue weighted by atomic mass is 19.1. The molecular formula is C14H17FN2O2. The predicted octanol–water partition coefficient (Wildman–Crippen LogP) is 1.85. The van der Waals surface area contributed by atoms with E-state index >= 15 is 0 Å². The first-order valence-corrected chi connectivity index (χ1v) is 6.35. The summed E-state index contributed by atoms with van der Waals surface area (Å²) in [4.78, 5) is 25.6. The number of anilines is 1. The molecule has 1 aliphatic heterocycles. The number of nitrogens with one attached hydrogen (secondary N) is 1. The van der Waals surface area contributed by atoms with Gasteiger partial charge in [0.2, 0.25) is 5.91 Å². The number of hydrogen-bond acceptors (Lipinski definition) is 2. The Morgan fingerprint density at radius 3 is 2.68 bits per heavy atom. The van der Waals surface area contributed by atoms with Gasteiger partial charge in [0.05, 0.1) is 5.69 Å². The van der Waals surface area contributed by atoms with Crippen molar-refractivity contribution in [1.82, 2.24) is 5.32 Å². The summed E-state index contributed by atoms with van der Waals surface area (Å²) in [7, 11) is 0. The Hall–Kier alpha value is -1.91. The van der Waals surface area contributed by atoms with Gasteiger partial charge in [-0.1, -0.05) is 19.1 Å². The number of halogens is 1. The van der Waals surface area contributed by atoms with Crippen LogP contribution in [-0.2, 0) is 9.59 Å². The molecule has 2 rings (SSSR count). The Balaban J connectivity index is 2.43. The zero-order chi connectivity index (χ0) is 14.0. The van der Waals surface area contributed by atoms with E-state index in [4.69, 9.17) is 0 Å². The van der Waals surface area contributed by atoms with E-state index in [1.54, 1.807) is 25.1 Å². The van der Waals surface area contributed by atoms with Gasteiger partial charge in [0.25, 0.3) is 5.91 Å². The van der Waals surface area contributed by atoms with Gasteiger partial charge in [-0.15, -0.1) is 0 Å². The molecule has 1 aliphatic rings. The average molecular weight is 264 g/mol. The lowest BCUT2D eigenvalue weighted by molar-refractivity contribution is -0.129. The normalized spacial score (nSPS) is 24.1. The van der Waals surface area contributed by atoms with Gasteiger partial charge in [0, 0.05) is 13.0 Å². The Morgan fingerprint density at radius 2 is 2.05 bits per heavy atom. The van der Waals surface area contributed by atoms with Crippen LogP contribution < -0.4 is 10.2 Å². The summed E-state index contributed by atoms with van der Waals surface area (Å²) in [5, 5.41) is 2.72. The molecule has 0 aromatic heterocycles. The predicted molar refractivity (Wildman–Crippen MR) is 70.2 cm³/mol. The molecule has 1 saturated heterocycles. The van der Waals surface area contributed by atoms with Crippen LogP contribution in [0.1, 0.15) is 26.7 Å². The van der Waals surface area contributed by atoms with Gasteiger partial charge in [-0.05, 0) is 25.5 Å². The minimum atomic E-state index is -0.976. The number of nitrogens with zero attached hydrogens (tertiary/aromatic N) is 1. The molecule has 0 saturated carbocycles. The molecule has 4 nitrogen and oxygen atoms in total. The lowest BCUT2D eigenvalue weighted by Gasteiger charge is -2.31. The van der Waals surface area contributed by atoms with Gasteiger partial charge < -0.3 is 10.2 Å². The van der Waals surface area contributed by atoms with Crippen LogP contribution >= 0.6 is 0 Å². The molecule has 0 radical (unpaired) electrons. The lowest BCUT2D eigenvalue weighted by atomic mass is 9.97.